The van der Waals surface area contributed by atoms with E-state index >= 15 is 0 Å². The number of aromatic nitrogens is 2. The van der Waals surface area contributed by atoms with Crippen molar-refractivity contribution >= 4 is 44.6 Å². The third kappa shape index (κ3) is 9.35. The molecule has 5 aromatic carbocycles. The number of nitrogens with zero attached hydrogens (tertiary/aromatic N) is 3. The van der Waals surface area contributed by atoms with Gasteiger partial charge >= 0.3 is 12.1 Å². The fourth-order valence-corrected chi connectivity index (χ4v) is 9.91. The molecule has 0 spiro atoms. The Hall–Kier alpha value is -7.86. The highest BCUT2D eigenvalue weighted by Crippen LogP contribution is 2.44. The lowest BCUT2D eigenvalue weighted by Gasteiger charge is -2.22. The molecule has 1 fully saturated rings. The molecule has 3 heterocycles. The zero-order valence-electron chi connectivity index (χ0n) is 35.8. The number of sulfonamides is 1. The smallest absolute Gasteiger partial charge is 0.407 e. The molecule has 2 aliphatic rings. The summed E-state index contributed by atoms with van der Waals surface area (Å²) in [6.45, 7) is 0.0544. The number of benzene rings is 5. The number of hydrogen-bond acceptors (Lipinski definition) is 10. The number of fused-ring (bicyclic) bond motifs is 4. The van der Waals surface area contributed by atoms with Crippen LogP contribution in [-0.2, 0) is 35.7 Å². The Balaban J connectivity index is 0.808. The van der Waals surface area contributed by atoms with Crippen LogP contribution in [0.2, 0.25) is 0 Å². The van der Waals surface area contributed by atoms with E-state index in [1.165, 1.54) is 16.4 Å². The second-order valence-electron chi connectivity index (χ2n) is 15.8. The van der Waals surface area contributed by atoms with Crippen molar-refractivity contribution in [3.8, 4) is 40.0 Å². The van der Waals surface area contributed by atoms with Crippen LogP contribution in [0.5, 0.6) is 5.75 Å². The molecule has 1 aliphatic heterocycles. The number of carbonyl (C=O) groups excluding carboxylic acids is 3. The zero-order chi connectivity index (χ0) is 45.6. The second kappa shape index (κ2) is 19.1. The normalized spacial score (nSPS) is 14.3. The van der Waals surface area contributed by atoms with Gasteiger partial charge in [0.1, 0.15) is 31.5 Å². The van der Waals surface area contributed by atoms with Crippen molar-refractivity contribution in [1.29, 1.82) is 0 Å². The maximum absolute atomic E-state index is 13.7. The van der Waals surface area contributed by atoms with E-state index in [1.807, 2.05) is 60.7 Å². The average molecular weight is 898 g/mol. The first kappa shape index (κ1) is 43.4. The Morgan fingerprint density at radius 1 is 0.803 bits per heavy atom. The van der Waals surface area contributed by atoms with Gasteiger partial charge < -0.3 is 24.8 Å². The van der Waals surface area contributed by atoms with Crippen LogP contribution in [0, 0.1) is 11.8 Å². The second-order valence-corrected chi connectivity index (χ2v) is 17.6. The molecule has 13 nitrogen and oxygen atoms in total. The maximum atomic E-state index is 13.7. The van der Waals surface area contributed by atoms with E-state index in [1.54, 1.807) is 68.0 Å². The third-order valence-corrected chi connectivity index (χ3v) is 13.6. The fraction of sp³-hybridized carbons (Fsp3) is 0.173. The van der Waals surface area contributed by atoms with Crippen molar-refractivity contribution in [1.82, 2.24) is 19.6 Å². The van der Waals surface area contributed by atoms with Crippen molar-refractivity contribution in [2.75, 3.05) is 32.1 Å². The number of carbonyl (C=O) groups is 3. The lowest BCUT2D eigenvalue weighted by atomic mass is 9.98. The third-order valence-electron chi connectivity index (χ3n) is 11.6. The Kier molecular flexibility index (Phi) is 12.5. The number of methoxy groups -OCH3 is 1. The minimum Gasteiger partial charge on any atom is -0.497 e. The van der Waals surface area contributed by atoms with E-state index < -0.39 is 34.0 Å². The van der Waals surface area contributed by atoms with Crippen LogP contribution in [-0.4, -0.2) is 73.5 Å². The fourth-order valence-electron chi connectivity index (χ4n) is 8.27. The molecule has 9 rings (SSSR count). The molecule has 1 atom stereocenters. The topological polar surface area (TPSA) is 166 Å². The predicted octanol–water partition coefficient (Wildman–Crippen LogP) is 8.08. The van der Waals surface area contributed by atoms with Crippen LogP contribution in [0.1, 0.15) is 46.6 Å². The van der Waals surface area contributed by atoms with Crippen molar-refractivity contribution in [3.05, 3.63) is 174 Å². The monoisotopic (exact) mass is 897 g/mol. The van der Waals surface area contributed by atoms with Gasteiger partial charge in [-0.3, -0.25) is 14.6 Å². The Labute approximate surface area is 381 Å². The first-order valence-corrected chi connectivity index (χ1v) is 22.8. The summed E-state index contributed by atoms with van der Waals surface area (Å²) in [4.78, 5) is 48.1. The summed E-state index contributed by atoms with van der Waals surface area (Å²) in [6, 6.07) is 39.5. The molecular weight excluding hydrogens is 855 g/mol. The number of hydrogen-bond donors (Lipinski definition) is 2. The number of alkyl carbamates (subject to hydrolysis) is 1. The van der Waals surface area contributed by atoms with Gasteiger partial charge in [-0.1, -0.05) is 84.6 Å². The highest BCUT2D eigenvalue weighted by atomic mass is 32.2. The molecule has 0 bridgehead atoms. The van der Waals surface area contributed by atoms with Gasteiger partial charge in [-0.15, -0.1) is 0 Å². The van der Waals surface area contributed by atoms with Crippen LogP contribution in [0.15, 0.2) is 151 Å². The van der Waals surface area contributed by atoms with Gasteiger partial charge in [0.15, 0.2) is 0 Å². The number of esters is 1. The highest BCUT2D eigenvalue weighted by Gasteiger charge is 2.40. The molecular formula is C52H43N5O8S. The van der Waals surface area contributed by atoms with Gasteiger partial charge in [-0.2, -0.15) is 4.31 Å². The Morgan fingerprint density at radius 2 is 1.47 bits per heavy atom. The minimum absolute atomic E-state index is 0.0246. The van der Waals surface area contributed by atoms with E-state index in [2.05, 4.69) is 39.6 Å². The number of anilines is 1. The first-order chi connectivity index (χ1) is 32.1. The lowest BCUT2D eigenvalue weighted by Crippen LogP contribution is -2.41. The van der Waals surface area contributed by atoms with E-state index in [-0.39, 0.29) is 37.1 Å². The van der Waals surface area contributed by atoms with Gasteiger partial charge in [0.05, 0.1) is 28.9 Å². The summed E-state index contributed by atoms with van der Waals surface area (Å²) in [5, 5.41) is 6.09. The molecule has 14 heteroatoms. The lowest BCUT2D eigenvalue weighted by molar-refractivity contribution is -0.148. The van der Waals surface area contributed by atoms with Crippen LogP contribution < -0.4 is 15.4 Å². The number of ether oxygens (including phenoxy) is 3. The molecule has 1 aliphatic carbocycles. The highest BCUT2D eigenvalue weighted by molar-refractivity contribution is 7.89. The van der Waals surface area contributed by atoms with Crippen molar-refractivity contribution in [3.63, 3.8) is 0 Å². The summed E-state index contributed by atoms with van der Waals surface area (Å²) in [6.07, 6.45) is 3.46. The molecule has 2 N–H and O–H groups in total. The summed E-state index contributed by atoms with van der Waals surface area (Å²) in [5.41, 5.74) is 8.97. The molecule has 66 heavy (non-hydrogen) atoms. The molecule has 330 valence electrons. The maximum Gasteiger partial charge on any atom is 0.407 e. The van der Waals surface area contributed by atoms with E-state index in [0.29, 0.717) is 52.0 Å². The molecule has 1 saturated heterocycles. The largest absolute Gasteiger partial charge is 0.497 e. The van der Waals surface area contributed by atoms with Crippen molar-refractivity contribution < 1.29 is 37.0 Å². The standard InChI is InChI=1S/C52H43N5O8S/c1-63-38-22-16-36(17-23-38)32-64-51(59)49-11-6-28-57(49)66(61,62)39-24-18-35(19-25-39)13-12-34-14-20-37(21-15-34)47-29-48(44-30-53-27-26-46(44)55-47)56-50(58)31-54-52(60)65-33-45-42-9-4-2-7-40(42)41-8-3-5-10-43(41)45/h2-5,7-10,14-27,29-30,45,49H,6,11,28,31-33H2,1H3,(H,54,60)(H,55,56,58)/t49-/m1/s1. The predicted molar refractivity (Wildman–Crippen MR) is 249 cm³/mol. The average Bonchev–Trinajstić information content (AvgIpc) is 3.99. The molecule has 7 aromatic rings. The van der Waals surface area contributed by atoms with Gasteiger partial charge in [0, 0.05) is 46.9 Å². The summed E-state index contributed by atoms with van der Waals surface area (Å²) in [7, 11) is -2.41. The van der Waals surface area contributed by atoms with Crippen LogP contribution in [0.4, 0.5) is 10.5 Å². The van der Waals surface area contributed by atoms with Crippen LogP contribution in [0.25, 0.3) is 33.3 Å². The minimum atomic E-state index is -3.98. The van der Waals surface area contributed by atoms with Crippen molar-refractivity contribution in [2.24, 2.45) is 0 Å². The molecule has 2 aromatic heterocycles. The number of amides is 2. The number of rotatable bonds is 12. The quantitative estimate of drug-likeness (QED) is 0.0905. The summed E-state index contributed by atoms with van der Waals surface area (Å²) in [5.74, 6) is 5.75. The Morgan fingerprint density at radius 3 is 2.15 bits per heavy atom. The molecule has 0 radical (unpaired) electrons. The van der Waals surface area contributed by atoms with E-state index in [0.717, 1.165) is 33.4 Å². The van der Waals surface area contributed by atoms with E-state index in [4.69, 9.17) is 19.2 Å². The molecule has 0 saturated carbocycles. The summed E-state index contributed by atoms with van der Waals surface area (Å²) < 4.78 is 44.9. The van der Waals surface area contributed by atoms with E-state index in [9.17, 15) is 22.8 Å². The Bertz CT molecular complexity index is 3090. The molecule has 0 unspecified atom stereocenters. The number of nitrogens with one attached hydrogen (secondary N) is 2. The summed E-state index contributed by atoms with van der Waals surface area (Å²) >= 11 is 0. The van der Waals surface area contributed by atoms with Gasteiger partial charge in [0.2, 0.25) is 15.9 Å². The van der Waals surface area contributed by atoms with Crippen LogP contribution in [0.3, 0.4) is 0 Å². The van der Waals surface area contributed by atoms with Crippen LogP contribution >= 0.6 is 0 Å². The van der Waals surface area contributed by atoms with Gasteiger partial charge in [0.25, 0.3) is 0 Å². The van der Waals surface area contributed by atoms with Gasteiger partial charge in [-0.05, 0) is 101 Å². The first-order valence-electron chi connectivity index (χ1n) is 21.3. The molecule has 2 amide bonds. The van der Waals surface area contributed by atoms with Gasteiger partial charge in [-0.25, -0.2) is 18.2 Å². The van der Waals surface area contributed by atoms with Crippen molar-refractivity contribution in [2.45, 2.75) is 36.3 Å². The SMILES string of the molecule is COc1ccc(COC(=O)[C@H]2CCCN2S(=O)(=O)c2ccc(C#Cc3ccc(-c4cc(NC(=O)CNC(=O)OCC5c6ccccc6-c6ccccc65)c5cnccc5n4)cc3)cc2)cc1. The zero-order valence-corrected chi connectivity index (χ0v) is 36.6. The number of pyridine rings is 2.